The number of rotatable bonds is 6. The average molecular weight is 412 g/mol. The number of ether oxygens (including phenoxy) is 1. The van der Waals surface area contributed by atoms with Gasteiger partial charge in [-0.1, -0.05) is 24.3 Å². The van der Waals surface area contributed by atoms with E-state index in [0.717, 1.165) is 10.7 Å². The van der Waals surface area contributed by atoms with E-state index in [4.69, 9.17) is 10.5 Å². The summed E-state index contributed by atoms with van der Waals surface area (Å²) >= 11 is 0. The van der Waals surface area contributed by atoms with Crippen molar-refractivity contribution < 1.29 is 23.5 Å². The fraction of sp³-hybridized carbons (Fsp3) is 0.150. The molecule has 3 rings (SSSR count). The van der Waals surface area contributed by atoms with Crippen LogP contribution in [0.2, 0.25) is 0 Å². The molecule has 0 atom stereocenters. The zero-order valence-electron chi connectivity index (χ0n) is 15.8. The van der Waals surface area contributed by atoms with Crippen molar-refractivity contribution in [1.29, 1.82) is 0 Å². The first-order chi connectivity index (χ1) is 14.3. The molecule has 10 heteroatoms. The van der Waals surface area contributed by atoms with Gasteiger partial charge in [0.05, 0.1) is 5.39 Å². The van der Waals surface area contributed by atoms with E-state index < -0.39 is 42.3 Å². The second-order valence-corrected chi connectivity index (χ2v) is 6.39. The molecule has 0 unspecified atom stereocenters. The number of carbonyl (C=O) groups is 3. The Morgan fingerprint density at radius 1 is 1.17 bits per heavy atom. The standard InChI is InChI=1S/C20H17FN4O5/c1-11-6-7-12(21)8-15(11)23-16(26)10-30-17(27)9-25-20(29)14-5-3-2-4-13(14)18(24-25)19(22)28/h2-8H,9-10H2,1H3,(H2,22,28)(H,23,26). The summed E-state index contributed by atoms with van der Waals surface area (Å²) in [5, 5.41) is 6.70. The van der Waals surface area contributed by atoms with Crippen molar-refractivity contribution in [2.24, 2.45) is 5.73 Å². The Morgan fingerprint density at radius 2 is 1.87 bits per heavy atom. The second kappa shape index (κ2) is 8.52. The van der Waals surface area contributed by atoms with E-state index in [0.29, 0.717) is 5.56 Å². The highest BCUT2D eigenvalue weighted by molar-refractivity contribution is 6.04. The fourth-order valence-electron chi connectivity index (χ4n) is 2.75. The van der Waals surface area contributed by atoms with E-state index in [1.807, 2.05) is 0 Å². The number of benzene rings is 2. The van der Waals surface area contributed by atoms with Gasteiger partial charge >= 0.3 is 5.97 Å². The van der Waals surface area contributed by atoms with Gasteiger partial charge in [-0.15, -0.1) is 0 Å². The summed E-state index contributed by atoms with van der Waals surface area (Å²) in [6.45, 7) is 0.394. The quantitative estimate of drug-likeness (QED) is 0.583. The van der Waals surface area contributed by atoms with Crippen molar-refractivity contribution in [1.82, 2.24) is 9.78 Å². The van der Waals surface area contributed by atoms with Crippen LogP contribution in [0.15, 0.2) is 47.3 Å². The van der Waals surface area contributed by atoms with Crippen molar-refractivity contribution >= 4 is 34.2 Å². The lowest BCUT2D eigenvalue weighted by Gasteiger charge is -2.10. The minimum atomic E-state index is -0.929. The van der Waals surface area contributed by atoms with Crippen molar-refractivity contribution in [3.05, 3.63) is 69.9 Å². The number of halogens is 1. The number of anilines is 1. The lowest BCUT2D eigenvalue weighted by atomic mass is 10.1. The number of esters is 1. The minimum absolute atomic E-state index is 0.161. The number of carbonyl (C=O) groups excluding carboxylic acids is 3. The van der Waals surface area contributed by atoms with E-state index in [2.05, 4.69) is 10.4 Å². The van der Waals surface area contributed by atoms with Crippen LogP contribution in [-0.2, 0) is 20.9 Å². The maximum atomic E-state index is 13.3. The number of hydrogen-bond donors (Lipinski definition) is 2. The highest BCUT2D eigenvalue weighted by Crippen LogP contribution is 2.16. The second-order valence-electron chi connectivity index (χ2n) is 6.39. The molecule has 3 aromatic rings. The Balaban J connectivity index is 1.70. The fourth-order valence-corrected chi connectivity index (χ4v) is 2.75. The molecule has 9 nitrogen and oxygen atoms in total. The van der Waals surface area contributed by atoms with Gasteiger partial charge in [0.2, 0.25) is 0 Å². The van der Waals surface area contributed by atoms with Crippen LogP contribution in [0.3, 0.4) is 0 Å². The molecule has 2 amide bonds. The molecule has 0 aliphatic heterocycles. The molecule has 30 heavy (non-hydrogen) atoms. The molecule has 3 N–H and O–H groups in total. The summed E-state index contributed by atoms with van der Waals surface area (Å²) in [4.78, 5) is 48.2. The van der Waals surface area contributed by atoms with Gasteiger partial charge in [0.1, 0.15) is 12.4 Å². The third-order valence-corrected chi connectivity index (χ3v) is 4.22. The Hall–Kier alpha value is -4.08. The number of primary amides is 1. The zero-order chi connectivity index (χ0) is 21.8. The van der Waals surface area contributed by atoms with Gasteiger partial charge in [0, 0.05) is 11.1 Å². The molecule has 0 aliphatic carbocycles. The smallest absolute Gasteiger partial charge is 0.328 e. The maximum absolute atomic E-state index is 13.3. The number of nitrogens with zero attached hydrogens (tertiary/aromatic N) is 2. The molecule has 1 heterocycles. The molecule has 0 saturated heterocycles. The molecule has 1 aromatic heterocycles. The van der Waals surface area contributed by atoms with Gasteiger partial charge in [-0.3, -0.25) is 19.2 Å². The summed E-state index contributed by atoms with van der Waals surface area (Å²) in [5.41, 5.74) is 5.40. The van der Waals surface area contributed by atoms with Crippen molar-refractivity contribution in [3.8, 4) is 0 Å². The van der Waals surface area contributed by atoms with E-state index in [-0.39, 0.29) is 22.2 Å². The van der Waals surface area contributed by atoms with Crippen molar-refractivity contribution in [2.75, 3.05) is 11.9 Å². The molecule has 0 spiro atoms. The first-order valence-electron chi connectivity index (χ1n) is 8.77. The largest absolute Gasteiger partial charge is 0.454 e. The normalized spacial score (nSPS) is 10.6. The van der Waals surface area contributed by atoms with Crippen LogP contribution in [-0.4, -0.2) is 34.2 Å². The number of aryl methyl sites for hydroxylation is 1. The minimum Gasteiger partial charge on any atom is -0.454 e. The van der Waals surface area contributed by atoms with Gasteiger partial charge in [-0.2, -0.15) is 5.10 Å². The Kier molecular flexibility index (Phi) is 5.86. The molecule has 154 valence electrons. The van der Waals surface area contributed by atoms with Gasteiger partial charge in [0.25, 0.3) is 17.4 Å². The summed E-state index contributed by atoms with van der Waals surface area (Å²) in [6.07, 6.45) is 0. The average Bonchev–Trinajstić information content (AvgIpc) is 2.71. The van der Waals surface area contributed by atoms with Crippen LogP contribution in [0, 0.1) is 12.7 Å². The maximum Gasteiger partial charge on any atom is 0.328 e. The monoisotopic (exact) mass is 412 g/mol. The topological polar surface area (TPSA) is 133 Å². The van der Waals surface area contributed by atoms with E-state index in [1.54, 1.807) is 19.1 Å². The molecule has 0 fully saturated rings. The van der Waals surface area contributed by atoms with Crippen LogP contribution < -0.4 is 16.6 Å². The molecule has 0 radical (unpaired) electrons. The summed E-state index contributed by atoms with van der Waals surface area (Å²) in [5.74, 6) is -3.01. The predicted molar refractivity (Wildman–Crippen MR) is 105 cm³/mol. The van der Waals surface area contributed by atoms with Crippen LogP contribution in [0.5, 0.6) is 0 Å². The third kappa shape index (κ3) is 4.49. The lowest BCUT2D eigenvalue weighted by molar-refractivity contribution is -0.148. The van der Waals surface area contributed by atoms with Crippen molar-refractivity contribution in [3.63, 3.8) is 0 Å². The number of fused-ring (bicyclic) bond motifs is 1. The van der Waals surface area contributed by atoms with Crippen LogP contribution in [0.4, 0.5) is 10.1 Å². The van der Waals surface area contributed by atoms with Crippen molar-refractivity contribution in [2.45, 2.75) is 13.5 Å². The SMILES string of the molecule is Cc1ccc(F)cc1NC(=O)COC(=O)Cn1nc(C(N)=O)c2ccccc2c1=O. The Labute approximate surface area is 169 Å². The molecule has 0 saturated carbocycles. The van der Waals surface area contributed by atoms with Gasteiger partial charge < -0.3 is 15.8 Å². The number of hydrogen-bond acceptors (Lipinski definition) is 6. The van der Waals surface area contributed by atoms with Gasteiger partial charge in [0.15, 0.2) is 12.3 Å². The molecule has 2 aromatic carbocycles. The summed E-state index contributed by atoms with van der Waals surface area (Å²) < 4.78 is 18.9. The van der Waals surface area contributed by atoms with E-state index >= 15 is 0 Å². The number of nitrogens with two attached hydrogens (primary N) is 1. The third-order valence-electron chi connectivity index (χ3n) is 4.22. The molecular weight excluding hydrogens is 395 g/mol. The number of amides is 2. The lowest BCUT2D eigenvalue weighted by Crippen LogP contribution is -2.32. The first-order valence-corrected chi connectivity index (χ1v) is 8.77. The van der Waals surface area contributed by atoms with Gasteiger partial charge in [-0.25, -0.2) is 9.07 Å². The van der Waals surface area contributed by atoms with E-state index in [1.165, 1.54) is 24.3 Å². The zero-order valence-corrected chi connectivity index (χ0v) is 15.8. The summed E-state index contributed by atoms with van der Waals surface area (Å²) in [7, 11) is 0. The Morgan fingerprint density at radius 3 is 2.57 bits per heavy atom. The van der Waals surface area contributed by atoms with Crippen LogP contribution >= 0.6 is 0 Å². The predicted octanol–water partition coefficient (Wildman–Crippen LogP) is 1.12. The van der Waals surface area contributed by atoms with Crippen LogP contribution in [0.25, 0.3) is 10.8 Å². The highest BCUT2D eigenvalue weighted by Gasteiger charge is 2.17. The molecule has 0 bridgehead atoms. The number of nitrogens with one attached hydrogen (secondary N) is 1. The van der Waals surface area contributed by atoms with Gasteiger partial charge in [-0.05, 0) is 30.7 Å². The summed E-state index contributed by atoms with van der Waals surface area (Å²) in [6, 6.07) is 10.1. The van der Waals surface area contributed by atoms with Crippen LogP contribution in [0.1, 0.15) is 16.1 Å². The highest BCUT2D eigenvalue weighted by atomic mass is 19.1. The van der Waals surface area contributed by atoms with E-state index in [9.17, 15) is 23.6 Å². The number of aromatic nitrogens is 2. The Bertz CT molecular complexity index is 1220. The molecular formula is C20H17FN4O5. The molecule has 0 aliphatic rings. The first kappa shape index (κ1) is 20.6.